The summed E-state index contributed by atoms with van der Waals surface area (Å²) in [6, 6.07) is 2.03. The first-order valence-corrected chi connectivity index (χ1v) is 4.90. The minimum Gasteiger partial charge on any atom is -0.396 e. The third-order valence-corrected chi connectivity index (χ3v) is 2.27. The van der Waals surface area contributed by atoms with Crippen molar-refractivity contribution in [1.82, 2.24) is 4.98 Å². The van der Waals surface area contributed by atoms with Crippen LogP contribution in [0.1, 0.15) is 6.92 Å². The average Bonchev–Trinajstić information content (AvgIpc) is 2.22. The molecule has 1 aromatic heterocycles. The maximum absolute atomic E-state index is 13.4. The lowest BCUT2D eigenvalue weighted by molar-refractivity contribution is 0.590. The van der Waals surface area contributed by atoms with E-state index in [9.17, 15) is 8.78 Å². The van der Waals surface area contributed by atoms with E-state index in [0.29, 0.717) is 23.3 Å². The second kappa shape index (κ2) is 3.92. The van der Waals surface area contributed by atoms with Crippen LogP contribution in [0, 0.1) is 11.6 Å². The SMILES string of the molecule is CCNc1c(N)cnc2c(F)cc(F)cc12. The summed E-state index contributed by atoms with van der Waals surface area (Å²) in [4.78, 5) is 3.86. The predicted molar refractivity (Wildman–Crippen MR) is 60.2 cm³/mol. The second-order valence-electron chi connectivity index (χ2n) is 3.40. The number of anilines is 2. The largest absolute Gasteiger partial charge is 0.396 e. The molecule has 1 aromatic carbocycles. The topological polar surface area (TPSA) is 50.9 Å². The Morgan fingerprint density at radius 2 is 2.12 bits per heavy atom. The lowest BCUT2D eigenvalue weighted by atomic mass is 10.1. The van der Waals surface area contributed by atoms with E-state index in [0.717, 1.165) is 6.07 Å². The maximum atomic E-state index is 13.4. The summed E-state index contributed by atoms with van der Waals surface area (Å²) >= 11 is 0. The Morgan fingerprint density at radius 3 is 2.81 bits per heavy atom. The van der Waals surface area contributed by atoms with Crippen molar-refractivity contribution in [2.75, 3.05) is 17.6 Å². The third-order valence-electron chi connectivity index (χ3n) is 2.27. The van der Waals surface area contributed by atoms with Crippen LogP contribution in [0.5, 0.6) is 0 Å². The van der Waals surface area contributed by atoms with Gasteiger partial charge in [-0.05, 0) is 13.0 Å². The molecule has 84 valence electrons. The molecule has 0 unspecified atom stereocenters. The number of halogens is 2. The molecule has 0 aliphatic rings. The van der Waals surface area contributed by atoms with E-state index < -0.39 is 11.6 Å². The van der Waals surface area contributed by atoms with Crippen molar-refractivity contribution < 1.29 is 8.78 Å². The fraction of sp³-hybridized carbons (Fsp3) is 0.182. The first-order valence-electron chi connectivity index (χ1n) is 4.90. The first-order chi connectivity index (χ1) is 7.63. The molecule has 2 aromatic rings. The van der Waals surface area contributed by atoms with E-state index in [-0.39, 0.29) is 5.52 Å². The average molecular weight is 223 g/mol. The number of nitrogens with one attached hydrogen (secondary N) is 1. The molecule has 5 heteroatoms. The van der Waals surface area contributed by atoms with Crippen LogP contribution in [0.2, 0.25) is 0 Å². The van der Waals surface area contributed by atoms with Crippen LogP contribution in [-0.2, 0) is 0 Å². The van der Waals surface area contributed by atoms with Crippen molar-refractivity contribution in [3.8, 4) is 0 Å². The summed E-state index contributed by atoms with van der Waals surface area (Å²) in [7, 11) is 0. The van der Waals surface area contributed by atoms with Gasteiger partial charge >= 0.3 is 0 Å². The Kier molecular flexibility index (Phi) is 2.60. The molecule has 16 heavy (non-hydrogen) atoms. The van der Waals surface area contributed by atoms with Crippen LogP contribution in [0.15, 0.2) is 18.3 Å². The van der Waals surface area contributed by atoms with Gasteiger partial charge in [0.2, 0.25) is 0 Å². The molecule has 0 atom stereocenters. The zero-order valence-electron chi connectivity index (χ0n) is 8.72. The van der Waals surface area contributed by atoms with Crippen LogP contribution < -0.4 is 11.1 Å². The van der Waals surface area contributed by atoms with Crippen LogP contribution in [0.4, 0.5) is 20.2 Å². The van der Waals surface area contributed by atoms with Gasteiger partial charge in [0.05, 0.1) is 17.6 Å². The van der Waals surface area contributed by atoms with Gasteiger partial charge in [-0.2, -0.15) is 0 Å². The van der Waals surface area contributed by atoms with Gasteiger partial charge in [-0.3, -0.25) is 4.98 Å². The van der Waals surface area contributed by atoms with Crippen molar-refractivity contribution in [2.45, 2.75) is 6.92 Å². The molecule has 0 aliphatic carbocycles. The number of hydrogen-bond donors (Lipinski definition) is 2. The second-order valence-corrected chi connectivity index (χ2v) is 3.40. The van der Waals surface area contributed by atoms with E-state index in [1.165, 1.54) is 12.3 Å². The number of nitrogen functional groups attached to an aromatic ring is 1. The van der Waals surface area contributed by atoms with Crippen molar-refractivity contribution >= 4 is 22.3 Å². The van der Waals surface area contributed by atoms with Crippen LogP contribution >= 0.6 is 0 Å². The first kappa shape index (κ1) is 10.6. The number of nitrogens with two attached hydrogens (primary N) is 1. The highest BCUT2D eigenvalue weighted by Crippen LogP contribution is 2.29. The molecule has 0 saturated heterocycles. The zero-order valence-corrected chi connectivity index (χ0v) is 8.72. The molecule has 3 N–H and O–H groups in total. The Labute approximate surface area is 91.3 Å². The van der Waals surface area contributed by atoms with Crippen molar-refractivity contribution in [3.05, 3.63) is 30.0 Å². The molecule has 1 heterocycles. The van der Waals surface area contributed by atoms with Crippen LogP contribution in [0.3, 0.4) is 0 Å². The molecule has 0 spiro atoms. The number of hydrogen-bond acceptors (Lipinski definition) is 3. The highest BCUT2D eigenvalue weighted by Gasteiger charge is 2.11. The molecule has 0 amide bonds. The van der Waals surface area contributed by atoms with Gasteiger partial charge in [-0.1, -0.05) is 0 Å². The third kappa shape index (κ3) is 1.64. The van der Waals surface area contributed by atoms with Gasteiger partial charge < -0.3 is 11.1 Å². The van der Waals surface area contributed by atoms with E-state index in [1.54, 1.807) is 0 Å². The highest BCUT2D eigenvalue weighted by atomic mass is 19.1. The van der Waals surface area contributed by atoms with Crippen molar-refractivity contribution in [1.29, 1.82) is 0 Å². The molecule has 0 saturated carbocycles. The van der Waals surface area contributed by atoms with E-state index >= 15 is 0 Å². The minimum atomic E-state index is -0.686. The van der Waals surface area contributed by atoms with Gasteiger partial charge in [0.1, 0.15) is 11.3 Å². The minimum absolute atomic E-state index is 0.117. The molecule has 0 aliphatic heterocycles. The molecule has 0 bridgehead atoms. The standard InChI is InChI=1S/C11H11F2N3/c1-2-15-11-7-3-6(12)4-8(13)10(7)16-5-9(11)14/h3-5H,2,14H2,1H3,(H,15,16). The van der Waals surface area contributed by atoms with Gasteiger partial charge in [0, 0.05) is 18.0 Å². The van der Waals surface area contributed by atoms with E-state index in [2.05, 4.69) is 10.3 Å². The molecule has 0 fully saturated rings. The smallest absolute Gasteiger partial charge is 0.152 e. The number of aromatic nitrogens is 1. The molecule has 0 radical (unpaired) electrons. The summed E-state index contributed by atoms with van der Waals surface area (Å²) in [6.07, 6.45) is 1.36. The number of rotatable bonds is 2. The molecule has 3 nitrogen and oxygen atoms in total. The van der Waals surface area contributed by atoms with Crippen LogP contribution in [-0.4, -0.2) is 11.5 Å². The number of pyridine rings is 1. The Bertz CT molecular complexity index is 540. The van der Waals surface area contributed by atoms with Gasteiger partial charge in [-0.15, -0.1) is 0 Å². The lowest BCUT2D eigenvalue weighted by Gasteiger charge is -2.10. The Balaban J connectivity index is 2.80. The van der Waals surface area contributed by atoms with Gasteiger partial charge in [0.15, 0.2) is 5.82 Å². The van der Waals surface area contributed by atoms with Crippen molar-refractivity contribution in [3.63, 3.8) is 0 Å². The van der Waals surface area contributed by atoms with Gasteiger partial charge in [-0.25, -0.2) is 8.78 Å². The zero-order chi connectivity index (χ0) is 11.7. The highest BCUT2D eigenvalue weighted by molar-refractivity contribution is 5.97. The molecular formula is C11H11F2N3. The van der Waals surface area contributed by atoms with E-state index in [4.69, 9.17) is 5.73 Å². The Morgan fingerprint density at radius 1 is 1.38 bits per heavy atom. The lowest BCUT2D eigenvalue weighted by Crippen LogP contribution is -2.03. The quantitative estimate of drug-likeness (QED) is 0.822. The summed E-state index contributed by atoms with van der Waals surface area (Å²) in [6.45, 7) is 2.49. The predicted octanol–water partition coefficient (Wildman–Crippen LogP) is 2.53. The molecule has 2 rings (SSSR count). The van der Waals surface area contributed by atoms with Crippen LogP contribution in [0.25, 0.3) is 10.9 Å². The van der Waals surface area contributed by atoms with Gasteiger partial charge in [0.25, 0.3) is 0 Å². The number of fused-ring (bicyclic) bond motifs is 1. The summed E-state index contributed by atoms with van der Waals surface area (Å²) in [5, 5.41) is 3.34. The Hall–Kier alpha value is -1.91. The van der Waals surface area contributed by atoms with Crippen molar-refractivity contribution in [2.24, 2.45) is 0 Å². The summed E-state index contributed by atoms with van der Waals surface area (Å²) in [5.41, 5.74) is 6.71. The fourth-order valence-electron chi connectivity index (χ4n) is 1.62. The van der Waals surface area contributed by atoms with E-state index in [1.807, 2.05) is 6.92 Å². The number of nitrogens with zero attached hydrogens (tertiary/aromatic N) is 1. The monoisotopic (exact) mass is 223 g/mol. The summed E-state index contributed by atoms with van der Waals surface area (Å²) < 4.78 is 26.5. The normalized spacial score (nSPS) is 10.7. The number of benzene rings is 1. The molecular weight excluding hydrogens is 212 g/mol. The fourth-order valence-corrected chi connectivity index (χ4v) is 1.62. The summed E-state index contributed by atoms with van der Waals surface area (Å²) in [5.74, 6) is -1.33. The maximum Gasteiger partial charge on any atom is 0.152 e.